The molecule has 1 fully saturated rings. The fraction of sp³-hybridized carbons (Fsp3) is 0.324. The van der Waals surface area contributed by atoms with Gasteiger partial charge in [0.25, 0.3) is 0 Å². The standard InChI is InChI=1S/C37H35ClF4N2O6/c1-35(2,44-34(46)49-21-22-7-5-4-6-8-22)25-19-29(23-9-13-28(39)27(38)17-23)43-33(20-25)36(47,37(40,41)42)16-15-30(45)24-10-14-31(32(18-24)48-3)50-26-11-12-26/h4-10,13-14,17-20,26,47H,11-12,15-16,21H2,1-3H3,(H,44,46). The van der Waals surface area contributed by atoms with Crippen LogP contribution in [0.25, 0.3) is 11.3 Å². The van der Waals surface area contributed by atoms with Crippen LogP contribution >= 0.6 is 11.6 Å². The molecule has 4 aromatic rings. The topological polar surface area (TPSA) is 107 Å². The average Bonchev–Trinajstić information content (AvgIpc) is 3.91. The molecule has 0 aliphatic heterocycles. The van der Waals surface area contributed by atoms with Crippen molar-refractivity contribution < 1.29 is 46.5 Å². The monoisotopic (exact) mass is 714 g/mol. The van der Waals surface area contributed by atoms with Gasteiger partial charge in [-0.1, -0.05) is 41.9 Å². The van der Waals surface area contributed by atoms with Gasteiger partial charge in [0.1, 0.15) is 12.4 Å². The minimum absolute atomic E-state index is 0.0476. The number of nitrogens with one attached hydrogen (secondary N) is 1. The quantitative estimate of drug-likeness (QED) is 0.105. The second-order valence-corrected chi connectivity index (χ2v) is 12.9. The smallest absolute Gasteiger partial charge is 0.422 e. The first-order chi connectivity index (χ1) is 23.6. The van der Waals surface area contributed by atoms with Crippen molar-refractivity contribution in [3.63, 3.8) is 0 Å². The second-order valence-electron chi connectivity index (χ2n) is 12.5. The molecule has 1 heterocycles. The molecule has 3 aromatic carbocycles. The summed E-state index contributed by atoms with van der Waals surface area (Å²) in [5.41, 5.74) is -4.93. The Morgan fingerprint density at radius 3 is 2.34 bits per heavy atom. The van der Waals surface area contributed by atoms with Crippen LogP contribution in [-0.4, -0.2) is 41.4 Å². The summed E-state index contributed by atoms with van der Waals surface area (Å²) in [6.45, 7) is 2.99. The van der Waals surface area contributed by atoms with Gasteiger partial charge in [-0.3, -0.25) is 4.79 Å². The highest BCUT2D eigenvalue weighted by atomic mass is 35.5. The number of ether oxygens (including phenoxy) is 3. The Morgan fingerprint density at radius 2 is 1.70 bits per heavy atom. The molecule has 1 aliphatic carbocycles. The van der Waals surface area contributed by atoms with E-state index in [-0.39, 0.29) is 45.9 Å². The number of hydrogen-bond acceptors (Lipinski definition) is 7. The van der Waals surface area contributed by atoms with E-state index in [1.165, 1.54) is 57.4 Å². The lowest BCUT2D eigenvalue weighted by atomic mass is 9.86. The predicted molar refractivity (Wildman–Crippen MR) is 178 cm³/mol. The highest BCUT2D eigenvalue weighted by Gasteiger charge is 2.56. The molecule has 8 nitrogen and oxygen atoms in total. The zero-order valence-corrected chi connectivity index (χ0v) is 28.2. The third-order valence-electron chi connectivity index (χ3n) is 8.30. The number of ketones is 1. The Hall–Kier alpha value is -4.68. The summed E-state index contributed by atoms with van der Waals surface area (Å²) in [4.78, 5) is 30.2. The fourth-order valence-corrected chi connectivity index (χ4v) is 5.33. The summed E-state index contributed by atoms with van der Waals surface area (Å²) in [6.07, 6.45) is -6.16. The number of nitrogens with zero attached hydrogens (tertiary/aromatic N) is 1. The SMILES string of the molecule is COc1cc(C(=O)CCC(O)(c2cc(C(C)(C)NC(=O)OCc3ccccc3)cc(-c3ccc(F)c(Cl)c3)n2)C(F)(F)F)ccc1OC1CC1. The van der Waals surface area contributed by atoms with E-state index in [1.807, 2.05) is 0 Å². The first-order valence-corrected chi connectivity index (χ1v) is 16.1. The van der Waals surface area contributed by atoms with Crippen molar-refractivity contribution >= 4 is 23.5 Å². The molecule has 2 N–H and O–H groups in total. The number of aliphatic hydroxyl groups is 1. The molecule has 0 bridgehead atoms. The Balaban J connectivity index is 1.47. The minimum Gasteiger partial charge on any atom is -0.493 e. The molecule has 264 valence electrons. The number of rotatable bonds is 13. The fourth-order valence-electron chi connectivity index (χ4n) is 5.15. The Morgan fingerprint density at radius 1 is 0.980 bits per heavy atom. The van der Waals surface area contributed by atoms with Crippen molar-refractivity contribution in [3.05, 3.63) is 112 Å². The normalized spacial score (nSPS) is 14.4. The van der Waals surface area contributed by atoms with Gasteiger partial charge >= 0.3 is 12.3 Å². The van der Waals surface area contributed by atoms with Crippen LogP contribution < -0.4 is 14.8 Å². The molecule has 50 heavy (non-hydrogen) atoms. The molecule has 13 heteroatoms. The molecular formula is C37H35ClF4N2O6. The van der Waals surface area contributed by atoms with E-state index in [4.69, 9.17) is 25.8 Å². The van der Waals surface area contributed by atoms with Gasteiger partial charge in [-0.15, -0.1) is 0 Å². The van der Waals surface area contributed by atoms with Gasteiger partial charge in [-0.2, -0.15) is 13.2 Å². The summed E-state index contributed by atoms with van der Waals surface area (Å²) in [7, 11) is 1.38. The van der Waals surface area contributed by atoms with Gasteiger partial charge in [0.2, 0.25) is 5.60 Å². The van der Waals surface area contributed by atoms with E-state index in [1.54, 1.807) is 30.3 Å². The third kappa shape index (κ3) is 8.54. The number of pyridine rings is 1. The summed E-state index contributed by atoms with van der Waals surface area (Å²) >= 11 is 5.99. The van der Waals surface area contributed by atoms with Crippen molar-refractivity contribution in [1.29, 1.82) is 0 Å². The summed E-state index contributed by atoms with van der Waals surface area (Å²) in [5, 5.41) is 13.8. The van der Waals surface area contributed by atoms with Crippen LogP contribution in [0, 0.1) is 5.82 Å². The summed E-state index contributed by atoms with van der Waals surface area (Å²) in [5.74, 6) is -0.784. The molecular weight excluding hydrogens is 680 g/mol. The van der Waals surface area contributed by atoms with Gasteiger partial charge in [-0.05, 0) is 92.8 Å². The van der Waals surface area contributed by atoms with Crippen LogP contribution in [0.3, 0.4) is 0 Å². The van der Waals surface area contributed by atoms with Crippen molar-refractivity contribution in [2.45, 2.75) is 69.6 Å². The third-order valence-corrected chi connectivity index (χ3v) is 8.59. The van der Waals surface area contributed by atoms with Crippen LogP contribution in [0.2, 0.25) is 5.02 Å². The van der Waals surface area contributed by atoms with Gasteiger partial charge in [0, 0.05) is 17.5 Å². The molecule has 1 aromatic heterocycles. The number of methoxy groups -OCH3 is 1. The Bertz CT molecular complexity index is 1870. The maximum Gasteiger partial charge on any atom is 0.422 e. The molecule has 0 spiro atoms. The molecule has 0 radical (unpaired) electrons. The highest BCUT2D eigenvalue weighted by Crippen LogP contribution is 2.44. The molecule has 5 rings (SSSR count). The second kappa shape index (κ2) is 14.7. The first kappa shape index (κ1) is 36.6. The zero-order chi connectivity index (χ0) is 36.3. The number of hydrogen-bond donors (Lipinski definition) is 2. The van der Waals surface area contributed by atoms with E-state index < -0.39 is 53.5 Å². The zero-order valence-electron chi connectivity index (χ0n) is 27.4. The number of halogens is 5. The number of amides is 1. The first-order valence-electron chi connectivity index (χ1n) is 15.7. The lowest BCUT2D eigenvalue weighted by Crippen LogP contribution is -2.45. The number of Topliss-reactive ketones (excluding diaryl/α,β-unsaturated/α-hetero) is 1. The van der Waals surface area contributed by atoms with Crippen LogP contribution in [0.4, 0.5) is 22.4 Å². The maximum absolute atomic E-state index is 14.9. The van der Waals surface area contributed by atoms with Crippen LogP contribution in [-0.2, 0) is 22.5 Å². The predicted octanol–water partition coefficient (Wildman–Crippen LogP) is 8.67. The van der Waals surface area contributed by atoms with Gasteiger partial charge in [0.05, 0.1) is 35.2 Å². The molecule has 1 saturated carbocycles. The van der Waals surface area contributed by atoms with Crippen LogP contribution in [0.1, 0.15) is 66.7 Å². The van der Waals surface area contributed by atoms with Crippen molar-refractivity contribution in [2.24, 2.45) is 0 Å². The molecule has 1 unspecified atom stereocenters. The van der Waals surface area contributed by atoms with Crippen molar-refractivity contribution in [1.82, 2.24) is 10.3 Å². The highest BCUT2D eigenvalue weighted by molar-refractivity contribution is 6.31. The average molecular weight is 715 g/mol. The van der Waals surface area contributed by atoms with Gasteiger partial charge in [-0.25, -0.2) is 14.2 Å². The lowest BCUT2D eigenvalue weighted by molar-refractivity contribution is -0.270. The molecule has 1 atom stereocenters. The maximum atomic E-state index is 14.9. The number of alkyl halides is 3. The van der Waals surface area contributed by atoms with E-state index in [2.05, 4.69) is 10.3 Å². The van der Waals surface area contributed by atoms with Crippen molar-refractivity contribution in [3.8, 4) is 22.8 Å². The van der Waals surface area contributed by atoms with Crippen LogP contribution in [0.5, 0.6) is 11.5 Å². The number of alkyl carbamates (subject to hydrolysis) is 1. The largest absolute Gasteiger partial charge is 0.493 e. The summed E-state index contributed by atoms with van der Waals surface area (Å²) < 4.78 is 75.1. The molecule has 1 amide bonds. The van der Waals surface area contributed by atoms with Gasteiger partial charge in [0.15, 0.2) is 17.3 Å². The minimum atomic E-state index is -5.30. The number of carbonyl (C=O) groups is 2. The van der Waals surface area contributed by atoms with E-state index in [0.717, 1.165) is 25.0 Å². The summed E-state index contributed by atoms with van der Waals surface area (Å²) in [6, 6.07) is 19.1. The Kier molecular flexibility index (Phi) is 10.7. The molecule has 0 saturated heterocycles. The Labute approximate surface area is 291 Å². The van der Waals surface area contributed by atoms with Gasteiger partial charge < -0.3 is 24.6 Å². The number of carbonyl (C=O) groups excluding carboxylic acids is 2. The van der Waals surface area contributed by atoms with E-state index in [9.17, 15) is 32.3 Å². The van der Waals surface area contributed by atoms with Crippen molar-refractivity contribution in [2.75, 3.05) is 7.11 Å². The number of benzene rings is 3. The van der Waals surface area contributed by atoms with Crippen LogP contribution in [0.15, 0.2) is 78.9 Å². The van der Waals surface area contributed by atoms with E-state index in [0.29, 0.717) is 11.3 Å². The molecule has 1 aliphatic rings. The lowest BCUT2D eigenvalue weighted by Gasteiger charge is -2.33. The number of aromatic nitrogens is 1. The van der Waals surface area contributed by atoms with E-state index >= 15 is 0 Å².